The van der Waals surface area contributed by atoms with Crippen LogP contribution in [0.2, 0.25) is 0 Å². The van der Waals surface area contributed by atoms with Gasteiger partial charge in [-0.25, -0.2) is 4.98 Å². The number of fused-ring (bicyclic) bond motifs is 1. The van der Waals surface area contributed by atoms with Gasteiger partial charge in [0.05, 0.1) is 35.1 Å². The number of nitrogens with zero attached hydrogens (tertiary/aromatic N) is 5. The number of carbonyl (C=O) groups excluding carboxylic acids is 1. The highest BCUT2D eigenvalue weighted by Gasteiger charge is 2.29. The third-order valence-electron chi connectivity index (χ3n) is 5.87. The lowest BCUT2D eigenvalue weighted by Crippen LogP contribution is -2.29. The van der Waals surface area contributed by atoms with Gasteiger partial charge in [0.25, 0.3) is 5.91 Å². The molecule has 1 saturated carbocycles. The van der Waals surface area contributed by atoms with Gasteiger partial charge in [-0.1, -0.05) is 25.0 Å². The van der Waals surface area contributed by atoms with Crippen molar-refractivity contribution in [2.75, 3.05) is 5.32 Å². The van der Waals surface area contributed by atoms with Gasteiger partial charge in [-0.05, 0) is 37.1 Å². The molecule has 1 fully saturated rings. The zero-order valence-electron chi connectivity index (χ0n) is 17.3. The van der Waals surface area contributed by atoms with Gasteiger partial charge in [0, 0.05) is 30.6 Å². The number of carbonyl (C=O) groups is 1. The van der Waals surface area contributed by atoms with Crippen LogP contribution in [-0.2, 0) is 7.05 Å². The van der Waals surface area contributed by atoms with Crippen molar-refractivity contribution in [2.24, 2.45) is 7.05 Å². The molecule has 0 spiro atoms. The second kappa shape index (κ2) is 7.96. The summed E-state index contributed by atoms with van der Waals surface area (Å²) in [5.74, 6) is 0.186. The molecule has 8 nitrogen and oxygen atoms in total. The molecule has 3 aromatic heterocycles. The Morgan fingerprint density at radius 1 is 1.19 bits per heavy atom. The summed E-state index contributed by atoms with van der Waals surface area (Å²) in [6.07, 6.45) is 8.39. The summed E-state index contributed by atoms with van der Waals surface area (Å²) in [6, 6.07) is 11.1. The molecule has 0 saturated heterocycles. The van der Waals surface area contributed by atoms with Gasteiger partial charge in [-0.2, -0.15) is 5.10 Å². The topological polar surface area (TPSA) is 97.9 Å². The number of hydrogen-bond acceptors (Lipinski definition) is 5. The summed E-state index contributed by atoms with van der Waals surface area (Å²) in [5, 5.41) is 17.8. The first-order valence-electron chi connectivity index (χ1n) is 10.5. The van der Waals surface area contributed by atoms with Crippen molar-refractivity contribution < 1.29 is 9.90 Å². The minimum atomic E-state index is -0.458. The number of rotatable bonds is 4. The molecule has 1 amide bonds. The fraction of sp³-hybridized carbons (Fsp3) is 0.304. The summed E-state index contributed by atoms with van der Waals surface area (Å²) in [6.45, 7) is 0. The van der Waals surface area contributed by atoms with E-state index >= 15 is 0 Å². The lowest BCUT2D eigenvalue weighted by Gasteiger charge is -2.30. The first-order valence-corrected chi connectivity index (χ1v) is 10.5. The van der Waals surface area contributed by atoms with Crippen LogP contribution in [0, 0.1) is 0 Å². The molecule has 2 N–H and O–H groups in total. The normalized spacial score (nSPS) is 18.9. The fourth-order valence-electron chi connectivity index (χ4n) is 4.32. The van der Waals surface area contributed by atoms with Gasteiger partial charge in [-0.15, -0.1) is 0 Å². The highest BCUT2D eigenvalue weighted by molar-refractivity contribution is 6.04. The highest BCUT2D eigenvalue weighted by atomic mass is 16.3. The van der Waals surface area contributed by atoms with Crippen LogP contribution in [0.25, 0.3) is 22.3 Å². The van der Waals surface area contributed by atoms with Crippen molar-refractivity contribution in [2.45, 2.75) is 37.8 Å². The van der Waals surface area contributed by atoms with E-state index < -0.39 is 6.10 Å². The molecule has 0 aliphatic heterocycles. The number of aromatic nitrogens is 5. The number of pyridine rings is 1. The van der Waals surface area contributed by atoms with E-state index in [0.29, 0.717) is 17.2 Å². The summed E-state index contributed by atoms with van der Waals surface area (Å²) >= 11 is 0. The van der Waals surface area contributed by atoms with Crippen molar-refractivity contribution >= 4 is 22.9 Å². The molecule has 31 heavy (non-hydrogen) atoms. The van der Waals surface area contributed by atoms with Crippen molar-refractivity contribution in [3.8, 4) is 11.3 Å². The van der Waals surface area contributed by atoms with E-state index in [9.17, 15) is 9.90 Å². The smallest absolute Gasteiger partial charge is 0.258 e. The summed E-state index contributed by atoms with van der Waals surface area (Å²) < 4.78 is 3.68. The quantitative estimate of drug-likeness (QED) is 0.530. The lowest BCUT2D eigenvalue weighted by atomic mass is 9.92. The number of benzene rings is 1. The molecule has 158 valence electrons. The molecule has 1 aliphatic rings. The van der Waals surface area contributed by atoms with Crippen LogP contribution in [-0.4, -0.2) is 41.4 Å². The third kappa shape index (κ3) is 3.70. The van der Waals surface area contributed by atoms with Crippen LogP contribution in [0.1, 0.15) is 42.1 Å². The molecule has 0 unspecified atom stereocenters. The van der Waals surface area contributed by atoms with E-state index in [1.807, 2.05) is 42.1 Å². The Morgan fingerprint density at radius 2 is 2.03 bits per heavy atom. The number of aryl methyl sites for hydroxylation is 1. The number of hydrogen-bond donors (Lipinski definition) is 2. The maximum Gasteiger partial charge on any atom is 0.258 e. The summed E-state index contributed by atoms with van der Waals surface area (Å²) in [4.78, 5) is 22.1. The average Bonchev–Trinajstić information content (AvgIpc) is 3.37. The van der Waals surface area contributed by atoms with Crippen LogP contribution < -0.4 is 5.32 Å². The van der Waals surface area contributed by atoms with Crippen LogP contribution in [0.3, 0.4) is 0 Å². The minimum Gasteiger partial charge on any atom is -0.391 e. The van der Waals surface area contributed by atoms with Gasteiger partial charge < -0.3 is 9.67 Å². The first kappa shape index (κ1) is 19.4. The number of anilines is 1. The second-order valence-corrected chi connectivity index (χ2v) is 8.00. The molecule has 1 aliphatic carbocycles. The maximum atomic E-state index is 13.1. The van der Waals surface area contributed by atoms with Gasteiger partial charge in [0.2, 0.25) is 5.95 Å². The molecule has 3 heterocycles. The van der Waals surface area contributed by atoms with Crippen molar-refractivity contribution in [3.63, 3.8) is 0 Å². The first-order chi connectivity index (χ1) is 15.1. The summed E-state index contributed by atoms with van der Waals surface area (Å²) in [5.41, 5.74) is 3.71. The number of para-hydroxylation sites is 2. The lowest BCUT2D eigenvalue weighted by molar-refractivity contribution is 0.0779. The van der Waals surface area contributed by atoms with Crippen molar-refractivity contribution in [1.29, 1.82) is 0 Å². The van der Waals surface area contributed by atoms with E-state index in [2.05, 4.69) is 20.4 Å². The Balaban J connectivity index is 1.49. The number of aliphatic hydroxyl groups is 1. The highest BCUT2D eigenvalue weighted by Crippen LogP contribution is 2.34. The molecule has 4 aromatic rings. The largest absolute Gasteiger partial charge is 0.391 e. The molecule has 1 aromatic carbocycles. The van der Waals surface area contributed by atoms with Crippen molar-refractivity contribution in [1.82, 2.24) is 24.3 Å². The maximum absolute atomic E-state index is 13.1. The van der Waals surface area contributed by atoms with E-state index in [1.165, 1.54) is 0 Å². The Morgan fingerprint density at radius 3 is 2.84 bits per heavy atom. The van der Waals surface area contributed by atoms with Gasteiger partial charge in [0.1, 0.15) is 0 Å². The number of imidazole rings is 1. The van der Waals surface area contributed by atoms with Crippen LogP contribution in [0.15, 0.2) is 55.0 Å². The van der Waals surface area contributed by atoms with Gasteiger partial charge >= 0.3 is 0 Å². The molecule has 0 radical (unpaired) electrons. The number of nitrogens with one attached hydrogen (secondary N) is 1. The Bertz CT molecular complexity index is 1240. The Hall–Kier alpha value is -3.52. The second-order valence-electron chi connectivity index (χ2n) is 8.00. The molecular weight excluding hydrogens is 392 g/mol. The molecule has 2 atom stereocenters. The third-order valence-corrected chi connectivity index (χ3v) is 5.87. The van der Waals surface area contributed by atoms with Crippen LogP contribution >= 0.6 is 0 Å². The van der Waals surface area contributed by atoms with Gasteiger partial charge in [0.15, 0.2) is 0 Å². The van der Waals surface area contributed by atoms with Crippen LogP contribution in [0.5, 0.6) is 0 Å². The predicted octanol–water partition coefficient (Wildman–Crippen LogP) is 3.56. The molecule has 8 heteroatoms. The average molecular weight is 416 g/mol. The zero-order valence-corrected chi connectivity index (χ0v) is 17.3. The number of amides is 1. The summed E-state index contributed by atoms with van der Waals surface area (Å²) in [7, 11) is 1.84. The van der Waals surface area contributed by atoms with E-state index in [0.717, 1.165) is 42.3 Å². The van der Waals surface area contributed by atoms with E-state index in [1.54, 1.807) is 29.2 Å². The number of aliphatic hydroxyl groups excluding tert-OH is 1. The van der Waals surface area contributed by atoms with Crippen molar-refractivity contribution in [3.05, 3.63) is 60.6 Å². The minimum absolute atomic E-state index is 0.111. The molecule has 5 rings (SSSR count). The molecule has 0 bridgehead atoms. The Kier molecular flexibility index (Phi) is 4.99. The standard InChI is InChI=1S/C23H24N6O2/c1-28-14-16(13-25-28)18-12-15(10-11-24-18)22(31)27-23-26-17-6-2-3-7-19(17)29(23)20-8-4-5-9-21(20)30/h2-3,6-7,10-14,20-21,30H,4-5,8-9H2,1H3,(H,26,27,31)/t20-,21-/m1/s1. The zero-order chi connectivity index (χ0) is 21.4. The van der Waals surface area contributed by atoms with Gasteiger partial charge in [-0.3, -0.25) is 19.8 Å². The molecular formula is C23H24N6O2. The van der Waals surface area contributed by atoms with E-state index in [4.69, 9.17) is 0 Å². The van der Waals surface area contributed by atoms with E-state index in [-0.39, 0.29) is 11.9 Å². The fourth-order valence-corrected chi connectivity index (χ4v) is 4.32. The monoisotopic (exact) mass is 416 g/mol. The Labute approximate surface area is 179 Å². The van der Waals surface area contributed by atoms with Crippen LogP contribution in [0.4, 0.5) is 5.95 Å². The SMILES string of the molecule is Cn1cc(-c2cc(C(=O)Nc3nc4ccccc4n3[C@@H]3CCCC[C@H]3O)ccn2)cn1. The predicted molar refractivity (Wildman–Crippen MR) is 118 cm³/mol.